The zero-order valence-corrected chi connectivity index (χ0v) is 13.3. The molecule has 1 aromatic carbocycles. The third-order valence-electron chi connectivity index (χ3n) is 3.09. The molecule has 0 aliphatic carbocycles. The van der Waals surface area contributed by atoms with Gasteiger partial charge in [0.15, 0.2) is 6.61 Å². The van der Waals surface area contributed by atoms with Gasteiger partial charge in [-0.3, -0.25) is 14.4 Å². The van der Waals surface area contributed by atoms with E-state index >= 15 is 0 Å². The summed E-state index contributed by atoms with van der Waals surface area (Å²) in [6, 6.07) is 8.66. The molecule has 0 saturated heterocycles. The Balaban J connectivity index is 1.60. The van der Waals surface area contributed by atoms with Gasteiger partial charge in [0, 0.05) is 12.1 Å². The van der Waals surface area contributed by atoms with Gasteiger partial charge in [-0.1, -0.05) is 0 Å². The van der Waals surface area contributed by atoms with Gasteiger partial charge in [0.25, 0.3) is 5.91 Å². The molecule has 0 saturated carbocycles. The summed E-state index contributed by atoms with van der Waals surface area (Å²) in [6.07, 6.45) is 1.98. The molecule has 132 valence electrons. The normalized spacial score (nSPS) is 10.1. The van der Waals surface area contributed by atoms with Gasteiger partial charge in [-0.15, -0.1) is 0 Å². The van der Waals surface area contributed by atoms with Crippen LogP contribution in [0, 0.1) is 5.82 Å². The van der Waals surface area contributed by atoms with Crippen molar-refractivity contribution in [3.8, 4) is 0 Å². The van der Waals surface area contributed by atoms with Crippen LogP contribution < -0.4 is 10.6 Å². The van der Waals surface area contributed by atoms with Gasteiger partial charge in [0.2, 0.25) is 5.91 Å². The maximum Gasteiger partial charge on any atom is 0.306 e. The molecule has 1 heterocycles. The summed E-state index contributed by atoms with van der Waals surface area (Å²) in [5.41, 5.74) is 0.407. The first-order chi connectivity index (χ1) is 12.0. The highest BCUT2D eigenvalue weighted by Crippen LogP contribution is 2.07. The molecule has 0 bridgehead atoms. The summed E-state index contributed by atoms with van der Waals surface area (Å²) in [5.74, 6) is -1.38. The van der Waals surface area contributed by atoms with Crippen molar-refractivity contribution in [3.05, 3.63) is 54.2 Å². The van der Waals surface area contributed by atoms with Crippen LogP contribution in [-0.2, 0) is 25.5 Å². The Morgan fingerprint density at radius 1 is 1.08 bits per heavy atom. The fourth-order valence-corrected chi connectivity index (χ4v) is 1.87. The number of aryl methyl sites for hydroxylation is 1. The number of benzene rings is 1. The van der Waals surface area contributed by atoms with Crippen LogP contribution in [0.3, 0.4) is 0 Å². The van der Waals surface area contributed by atoms with Gasteiger partial charge in [0.1, 0.15) is 11.6 Å². The molecule has 25 heavy (non-hydrogen) atoms. The van der Waals surface area contributed by atoms with Crippen LogP contribution in [0.4, 0.5) is 10.1 Å². The van der Waals surface area contributed by atoms with E-state index in [-0.39, 0.29) is 13.0 Å². The standard InChI is InChI=1S/C17H17FN2O5/c18-12-3-5-13(6-4-12)20-15(21)10-19-16(22)11-25-17(23)8-7-14-2-1-9-24-14/h1-6,9H,7-8,10-11H2,(H,19,22)(H,20,21). The van der Waals surface area contributed by atoms with E-state index in [4.69, 9.17) is 9.15 Å². The second-order valence-electron chi connectivity index (χ2n) is 5.07. The first kappa shape index (κ1) is 18.2. The lowest BCUT2D eigenvalue weighted by Crippen LogP contribution is -2.35. The number of nitrogens with one attached hydrogen (secondary N) is 2. The minimum absolute atomic E-state index is 0.0891. The summed E-state index contributed by atoms with van der Waals surface area (Å²) in [7, 11) is 0. The lowest BCUT2D eigenvalue weighted by Gasteiger charge is -2.07. The summed E-state index contributed by atoms with van der Waals surface area (Å²) in [5, 5.41) is 4.81. The molecule has 7 nitrogen and oxygen atoms in total. The van der Waals surface area contributed by atoms with Crippen LogP contribution >= 0.6 is 0 Å². The zero-order chi connectivity index (χ0) is 18.1. The van der Waals surface area contributed by atoms with Crippen molar-refractivity contribution >= 4 is 23.5 Å². The predicted octanol–water partition coefficient (Wildman–Crippen LogP) is 1.65. The lowest BCUT2D eigenvalue weighted by atomic mass is 10.2. The van der Waals surface area contributed by atoms with E-state index in [9.17, 15) is 18.8 Å². The van der Waals surface area contributed by atoms with E-state index in [0.717, 1.165) is 0 Å². The largest absolute Gasteiger partial charge is 0.469 e. The van der Waals surface area contributed by atoms with Crippen molar-refractivity contribution < 1.29 is 27.9 Å². The van der Waals surface area contributed by atoms with Crippen molar-refractivity contribution in [2.75, 3.05) is 18.5 Å². The summed E-state index contributed by atoms with van der Waals surface area (Å²) < 4.78 is 22.6. The van der Waals surface area contributed by atoms with Crippen LogP contribution in [0.1, 0.15) is 12.2 Å². The molecule has 0 aliphatic rings. The summed E-state index contributed by atoms with van der Waals surface area (Å²) >= 11 is 0. The number of carbonyl (C=O) groups excluding carboxylic acids is 3. The van der Waals surface area contributed by atoms with Gasteiger partial charge in [0.05, 0.1) is 19.2 Å². The maximum absolute atomic E-state index is 12.7. The zero-order valence-electron chi connectivity index (χ0n) is 13.3. The van der Waals surface area contributed by atoms with Crippen molar-refractivity contribution in [1.82, 2.24) is 5.32 Å². The average molecular weight is 348 g/mol. The second-order valence-corrected chi connectivity index (χ2v) is 5.07. The van der Waals surface area contributed by atoms with Crippen molar-refractivity contribution in [3.63, 3.8) is 0 Å². The third-order valence-corrected chi connectivity index (χ3v) is 3.09. The number of rotatable bonds is 8. The molecule has 2 N–H and O–H groups in total. The van der Waals surface area contributed by atoms with Gasteiger partial charge >= 0.3 is 5.97 Å². The molecular formula is C17H17FN2O5. The van der Waals surface area contributed by atoms with E-state index < -0.39 is 30.2 Å². The Labute approximate surface area is 143 Å². The van der Waals surface area contributed by atoms with Crippen molar-refractivity contribution in [2.24, 2.45) is 0 Å². The average Bonchev–Trinajstić information content (AvgIpc) is 3.12. The fourth-order valence-electron chi connectivity index (χ4n) is 1.87. The Morgan fingerprint density at radius 2 is 1.84 bits per heavy atom. The van der Waals surface area contributed by atoms with Gasteiger partial charge < -0.3 is 19.8 Å². The summed E-state index contributed by atoms with van der Waals surface area (Å²) in [6.45, 7) is -0.763. The predicted molar refractivity (Wildman–Crippen MR) is 86.0 cm³/mol. The molecule has 0 aliphatic heterocycles. The highest BCUT2D eigenvalue weighted by molar-refractivity contribution is 5.94. The summed E-state index contributed by atoms with van der Waals surface area (Å²) in [4.78, 5) is 34.7. The van der Waals surface area contributed by atoms with E-state index in [1.54, 1.807) is 12.1 Å². The number of amides is 2. The quantitative estimate of drug-likeness (QED) is 0.707. The SMILES string of the molecule is O=C(COC(=O)CCc1ccco1)NCC(=O)Nc1ccc(F)cc1. The highest BCUT2D eigenvalue weighted by atomic mass is 19.1. The molecule has 2 rings (SSSR count). The number of anilines is 1. The highest BCUT2D eigenvalue weighted by Gasteiger charge is 2.10. The van der Waals surface area contributed by atoms with E-state index in [0.29, 0.717) is 17.9 Å². The number of ether oxygens (including phenoxy) is 1. The number of hydrogen-bond acceptors (Lipinski definition) is 5. The smallest absolute Gasteiger partial charge is 0.306 e. The fraction of sp³-hybridized carbons (Fsp3) is 0.235. The molecule has 2 amide bonds. The number of halogens is 1. The molecule has 2 aromatic rings. The van der Waals surface area contributed by atoms with Crippen LogP contribution in [0.25, 0.3) is 0 Å². The molecule has 0 unspecified atom stereocenters. The van der Waals surface area contributed by atoms with Gasteiger partial charge in [-0.2, -0.15) is 0 Å². The number of esters is 1. The topological polar surface area (TPSA) is 97.6 Å². The van der Waals surface area contributed by atoms with E-state index in [2.05, 4.69) is 10.6 Å². The Kier molecular flexibility index (Phi) is 6.70. The van der Waals surface area contributed by atoms with Crippen molar-refractivity contribution in [2.45, 2.75) is 12.8 Å². The molecule has 0 radical (unpaired) electrons. The number of furan rings is 1. The first-order valence-corrected chi connectivity index (χ1v) is 7.53. The van der Waals surface area contributed by atoms with E-state index in [1.807, 2.05) is 0 Å². The first-order valence-electron chi connectivity index (χ1n) is 7.53. The van der Waals surface area contributed by atoms with E-state index in [1.165, 1.54) is 30.5 Å². The minimum Gasteiger partial charge on any atom is -0.469 e. The molecule has 0 atom stereocenters. The second kappa shape index (κ2) is 9.21. The lowest BCUT2D eigenvalue weighted by molar-refractivity contribution is -0.148. The Bertz CT molecular complexity index is 713. The molecule has 8 heteroatoms. The maximum atomic E-state index is 12.7. The Morgan fingerprint density at radius 3 is 2.52 bits per heavy atom. The monoisotopic (exact) mass is 348 g/mol. The number of hydrogen-bond donors (Lipinski definition) is 2. The molecule has 0 spiro atoms. The minimum atomic E-state index is -0.597. The van der Waals surface area contributed by atoms with Crippen molar-refractivity contribution in [1.29, 1.82) is 0 Å². The molecular weight excluding hydrogens is 331 g/mol. The van der Waals surface area contributed by atoms with Gasteiger partial charge in [-0.25, -0.2) is 4.39 Å². The number of carbonyl (C=O) groups is 3. The third kappa shape index (κ3) is 6.86. The van der Waals surface area contributed by atoms with Crippen LogP contribution in [0.2, 0.25) is 0 Å². The molecule has 0 fully saturated rings. The Hall–Kier alpha value is -3.16. The molecule has 1 aromatic heterocycles. The van der Waals surface area contributed by atoms with Crippen LogP contribution in [-0.4, -0.2) is 30.9 Å². The van der Waals surface area contributed by atoms with Crippen LogP contribution in [0.5, 0.6) is 0 Å². The van der Waals surface area contributed by atoms with Crippen LogP contribution in [0.15, 0.2) is 47.1 Å². The van der Waals surface area contributed by atoms with Gasteiger partial charge in [-0.05, 0) is 36.4 Å².